The van der Waals surface area contributed by atoms with Gasteiger partial charge in [-0.25, -0.2) is 4.98 Å². The van der Waals surface area contributed by atoms with E-state index >= 15 is 0 Å². The highest BCUT2D eigenvalue weighted by Gasteiger charge is 2.06. The van der Waals surface area contributed by atoms with Gasteiger partial charge < -0.3 is 10.3 Å². The van der Waals surface area contributed by atoms with Crippen LogP contribution in [0.3, 0.4) is 0 Å². The Bertz CT molecular complexity index is 888. The summed E-state index contributed by atoms with van der Waals surface area (Å²) in [5.74, 6) is 0.275. The second kappa shape index (κ2) is 3.55. The number of nitrogens with two attached hydrogens (primary N) is 1. The van der Waals surface area contributed by atoms with Crippen LogP contribution >= 0.6 is 0 Å². The fourth-order valence-corrected chi connectivity index (χ4v) is 2.22. The van der Waals surface area contributed by atoms with Gasteiger partial charge in [0.15, 0.2) is 0 Å². The van der Waals surface area contributed by atoms with Crippen LogP contribution in [0.4, 0.5) is 5.95 Å². The predicted molar refractivity (Wildman–Crippen MR) is 72.9 cm³/mol. The summed E-state index contributed by atoms with van der Waals surface area (Å²) in [6.07, 6.45) is 5.48. The zero-order valence-corrected chi connectivity index (χ0v) is 9.91. The van der Waals surface area contributed by atoms with Crippen molar-refractivity contribution in [1.29, 1.82) is 0 Å². The second-order valence-electron chi connectivity index (χ2n) is 4.33. The maximum atomic E-state index is 5.65. The van der Waals surface area contributed by atoms with Crippen LogP contribution in [0.5, 0.6) is 0 Å². The predicted octanol–water partition coefficient (Wildman–Crippen LogP) is 1.88. The number of hydrogen-bond donors (Lipinski definition) is 2. The van der Waals surface area contributed by atoms with Crippen LogP contribution in [0.25, 0.3) is 27.6 Å². The minimum atomic E-state index is 0.275. The smallest absolute Gasteiger partial charge is 0.221 e. The van der Waals surface area contributed by atoms with Gasteiger partial charge in [0.25, 0.3) is 0 Å². The van der Waals surface area contributed by atoms with E-state index in [1.54, 1.807) is 12.4 Å². The van der Waals surface area contributed by atoms with Crippen LogP contribution in [-0.4, -0.2) is 24.7 Å². The average Bonchev–Trinajstić information content (AvgIpc) is 3.03. The number of aromatic nitrogens is 5. The zero-order valence-electron chi connectivity index (χ0n) is 9.91. The van der Waals surface area contributed by atoms with Crippen LogP contribution in [-0.2, 0) is 0 Å². The van der Waals surface area contributed by atoms with Crippen molar-refractivity contribution in [3.05, 3.63) is 42.9 Å². The summed E-state index contributed by atoms with van der Waals surface area (Å²) in [4.78, 5) is 8.28. The lowest BCUT2D eigenvalue weighted by molar-refractivity contribution is 1.08. The van der Waals surface area contributed by atoms with Crippen LogP contribution in [0.1, 0.15) is 0 Å². The molecule has 0 fully saturated rings. The molecule has 19 heavy (non-hydrogen) atoms. The Kier molecular flexibility index (Phi) is 1.88. The van der Waals surface area contributed by atoms with Gasteiger partial charge in [0, 0.05) is 28.9 Å². The normalized spacial score (nSPS) is 11.4. The minimum Gasteiger partial charge on any atom is -0.368 e. The monoisotopic (exact) mass is 250 g/mol. The highest BCUT2D eigenvalue weighted by atomic mass is 15.1. The van der Waals surface area contributed by atoms with E-state index < -0.39 is 0 Å². The molecule has 4 rings (SSSR count). The lowest BCUT2D eigenvalue weighted by atomic mass is 10.2. The zero-order chi connectivity index (χ0) is 12.8. The number of fused-ring (bicyclic) bond motifs is 2. The number of benzene rings is 1. The molecule has 6 heteroatoms. The van der Waals surface area contributed by atoms with Crippen molar-refractivity contribution in [1.82, 2.24) is 24.7 Å². The number of hydrogen-bond acceptors (Lipinski definition) is 4. The highest BCUT2D eigenvalue weighted by Crippen LogP contribution is 2.21. The molecule has 0 aliphatic carbocycles. The quantitative estimate of drug-likeness (QED) is 0.540. The van der Waals surface area contributed by atoms with E-state index in [9.17, 15) is 0 Å². The molecule has 0 aliphatic heterocycles. The molecule has 3 aromatic heterocycles. The molecule has 3 N–H and O–H groups in total. The van der Waals surface area contributed by atoms with Crippen molar-refractivity contribution in [2.24, 2.45) is 0 Å². The lowest BCUT2D eigenvalue weighted by Crippen LogP contribution is -1.98. The lowest BCUT2D eigenvalue weighted by Gasteiger charge is -2.05. The molecule has 0 amide bonds. The van der Waals surface area contributed by atoms with Crippen LogP contribution in [0.2, 0.25) is 0 Å². The Hall–Kier alpha value is -2.89. The van der Waals surface area contributed by atoms with E-state index in [2.05, 4.69) is 26.2 Å². The first-order chi connectivity index (χ1) is 9.31. The van der Waals surface area contributed by atoms with Gasteiger partial charge in [-0.1, -0.05) is 0 Å². The average molecular weight is 250 g/mol. The second-order valence-corrected chi connectivity index (χ2v) is 4.33. The molecular formula is C13H10N6. The summed E-state index contributed by atoms with van der Waals surface area (Å²) < 4.78 is 1.99. The number of H-pyrrole nitrogens is 1. The van der Waals surface area contributed by atoms with Gasteiger partial charge in [-0.3, -0.25) is 5.10 Å². The molecule has 92 valence electrons. The van der Waals surface area contributed by atoms with Crippen molar-refractivity contribution >= 4 is 27.9 Å². The molecule has 6 nitrogen and oxygen atoms in total. The molecule has 0 aliphatic rings. The van der Waals surface area contributed by atoms with Gasteiger partial charge in [-0.2, -0.15) is 10.1 Å². The van der Waals surface area contributed by atoms with E-state index in [1.165, 1.54) is 0 Å². The molecular weight excluding hydrogens is 240 g/mol. The van der Waals surface area contributed by atoms with Crippen molar-refractivity contribution in [2.45, 2.75) is 0 Å². The van der Waals surface area contributed by atoms with Crippen molar-refractivity contribution < 1.29 is 0 Å². The van der Waals surface area contributed by atoms with Crippen molar-refractivity contribution in [3.63, 3.8) is 0 Å². The summed E-state index contributed by atoms with van der Waals surface area (Å²) in [6, 6.07) is 8.03. The molecule has 1 aromatic carbocycles. The van der Waals surface area contributed by atoms with Crippen molar-refractivity contribution in [2.75, 3.05) is 5.73 Å². The standard InChI is InChI=1S/C13H10N6/c14-13-15-6-8-3-4-19(12(8)17-13)10-1-2-11-9(5-10)7-16-18-11/h1-7H,(H,16,18)(H2,14,15,17). The molecule has 4 aromatic rings. The summed E-state index contributed by atoms with van der Waals surface area (Å²) in [6.45, 7) is 0. The van der Waals surface area contributed by atoms with Gasteiger partial charge in [0.2, 0.25) is 5.95 Å². The Morgan fingerprint density at radius 1 is 1.11 bits per heavy atom. The maximum absolute atomic E-state index is 5.65. The minimum absolute atomic E-state index is 0.275. The number of nitrogens with zero attached hydrogens (tertiary/aromatic N) is 4. The van der Waals surface area contributed by atoms with Gasteiger partial charge in [-0.05, 0) is 24.3 Å². The Balaban J connectivity index is 2.00. The van der Waals surface area contributed by atoms with E-state index in [4.69, 9.17) is 5.73 Å². The van der Waals surface area contributed by atoms with E-state index in [0.717, 1.165) is 27.6 Å². The van der Waals surface area contributed by atoms with E-state index in [0.29, 0.717) is 0 Å². The number of anilines is 1. The number of nitrogens with one attached hydrogen (secondary N) is 1. The van der Waals surface area contributed by atoms with Crippen molar-refractivity contribution in [3.8, 4) is 5.69 Å². The van der Waals surface area contributed by atoms with Crippen LogP contribution < -0.4 is 5.73 Å². The third kappa shape index (κ3) is 1.46. The fourth-order valence-electron chi connectivity index (χ4n) is 2.22. The first-order valence-electron chi connectivity index (χ1n) is 5.84. The number of nitrogen functional groups attached to an aromatic ring is 1. The Labute approximate surface area is 107 Å². The molecule has 0 saturated heterocycles. The van der Waals surface area contributed by atoms with Gasteiger partial charge in [0.05, 0.1) is 11.7 Å². The number of rotatable bonds is 1. The third-order valence-electron chi connectivity index (χ3n) is 3.15. The highest BCUT2D eigenvalue weighted by molar-refractivity contribution is 5.83. The molecule has 0 atom stereocenters. The largest absolute Gasteiger partial charge is 0.368 e. The summed E-state index contributed by atoms with van der Waals surface area (Å²) in [7, 11) is 0. The molecule has 3 heterocycles. The van der Waals surface area contributed by atoms with Gasteiger partial charge in [-0.15, -0.1) is 0 Å². The van der Waals surface area contributed by atoms with Gasteiger partial charge in [0.1, 0.15) is 5.65 Å². The molecule has 0 bridgehead atoms. The summed E-state index contributed by atoms with van der Waals surface area (Å²) in [5, 5.41) is 8.97. The van der Waals surface area contributed by atoms with E-state index in [-0.39, 0.29) is 5.95 Å². The Morgan fingerprint density at radius 3 is 3.00 bits per heavy atom. The van der Waals surface area contributed by atoms with E-state index in [1.807, 2.05) is 29.0 Å². The fraction of sp³-hybridized carbons (Fsp3) is 0. The first-order valence-corrected chi connectivity index (χ1v) is 5.84. The van der Waals surface area contributed by atoms with Crippen LogP contribution in [0, 0.1) is 0 Å². The summed E-state index contributed by atoms with van der Waals surface area (Å²) >= 11 is 0. The topological polar surface area (TPSA) is 85.4 Å². The first kappa shape index (κ1) is 10.1. The molecule has 0 saturated carbocycles. The summed E-state index contributed by atoms with van der Waals surface area (Å²) in [5.41, 5.74) is 8.48. The third-order valence-corrected chi connectivity index (χ3v) is 3.15. The molecule has 0 spiro atoms. The van der Waals surface area contributed by atoms with Gasteiger partial charge >= 0.3 is 0 Å². The number of aromatic amines is 1. The Morgan fingerprint density at radius 2 is 2.05 bits per heavy atom. The molecule has 0 radical (unpaired) electrons. The SMILES string of the molecule is Nc1ncc2ccn(-c3ccc4[nH]ncc4c3)c2n1. The molecule has 0 unspecified atom stereocenters. The maximum Gasteiger partial charge on any atom is 0.221 e. The van der Waals surface area contributed by atoms with Crippen LogP contribution in [0.15, 0.2) is 42.9 Å².